The van der Waals surface area contributed by atoms with Gasteiger partial charge in [-0.25, -0.2) is 16.8 Å². The zero-order chi connectivity index (χ0) is 28.2. The maximum atomic E-state index is 12.5. The number of anilines is 1. The number of benzene rings is 2. The van der Waals surface area contributed by atoms with E-state index in [2.05, 4.69) is 30.8 Å². The van der Waals surface area contributed by atoms with Gasteiger partial charge in [-0.2, -0.15) is 0 Å². The van der Waals surface area contributed by atoms with Gasteiger partial charge in [-0.05, 0) is 65.9 Å². The molecule has 0 radical (unpaired) electrons. The number of nitrogens with one attached hydrogen (secondary N) is 1. The van der Waals surface area contributed by atoms with Crippen LogP contribution in [0.1, 0.15) is 24.8 Å². The molecule has 0 heterocycles. The van der Waals surface area contributed by atoms with E-state index in [4.69, 9.17) is 11.1 Å². The van der Waals surface area contributed by atoms with Crippen molar-refractivity contribution in [3.63, 3.8) is 0 Å². The van der Waals surface area contributed by atoms with E-state index in [0.717, 1.165) is 0 Å². The lowest BCUT2D eigenvalue weighted by Gasteiger charge is -2.12. The molecule has 1 N–H and O–H groups in total. The number of hydrogen-bond acceptors (Lipinski definition) is 6. The van der Waals surface area contributed by atoms with Crippen LogP contribution in [0.4, 0.5) is 5.69 Å². The molecule has 2 aromatic rings. The summed E-state index contributed by atoms with van der Waals surface area (Å²) in [6.07, 6.45) is 6.09. The number of ketones is 1. The molecule has 38 heavy (non-hydrogen) atoms. The Balaban J connectivity index is 1.83. The Bertz CT molecular complexity index is 1520. The molecule has 0 aliphatic rings. The molecular weight excluding hydrogens is 534 g/mol. The van der Waals surface area contributed by atoms with E-state index >= 15 is 0 Å². The molecule has 15 heteroatoms. The van der Waals surface area contributed by atoms with E-state index in [1.54, 1.807) is 12.2 Å². The second-order valence-electron chi connectivity index (χ2n) is 7.76. The molecule has 2 aromatic carbocycles. The summed E-state index contributed by atoms with van der Waals surface area (Å²) in [5, 5.41) is 2.66. The zero-order valence-corrected chi connectivity index (χ0v) is 21.5. The molecule has 0 saturated heterocycles. The molecule has 0 fully saturated rings. The standard InChI is InChI=1S/C23H23N7O6S2/c1-2-18(23(32)26-19-10-14-22(15-11-19)38(35,36)30-28-25)6-4-3-5-7-20(31)16-17-8-12-21(13-9-17)37(33,34)29-27-24/h2-3,5,8-15,18H,1,4,6-7,16H2,(H,26,32)/b5-3+. The van der Waals surface area contributed by atoms with E-state index in [1.807, 2.05) is 0 Å². The monoisotopic (exact) mass is 557 g/mol. The number of Topliss-reactive ketones (excluding diaryl/α,β-unsaturated/α-hetero) is 1. The van der Waals surface area contributed by atoms with Crippen LogP contribution in [-0.4, -0.2) is 28.5 Å². The lowest BCUT2D eigenvalue weighted by molar-refractivity contribution is -0.119. The van der Waals surface area contributed by atoms with Crippen LogP contribution >= 0.6 is 0 Å². The lowest BCUT2D eigenvalue weighted by Crippen LogP contribution is -2.21. The van der Waals surface area contributed by atoms with Crippen molar-refractivity contribution in [3.05, 3.63) is 99.8 Å². The van der Waals surface area contributed by atoms with Crippen LogP contribution in [0.25, 0.3) is 20.9 Å². The summed E-state index contributed by atoms with van der Waals surface area (Å²) in [5.74, 6) is -0.987. The molecule has 0 aliphatic carbocycles. The fourth-order valence-electron chi connectivity index (χ4n) is 3.18. The van der Waals surface area contributed by atoms with Gasteiger partial charge in [0, 0.05) is 37.4 Å². The molecule has 0 aliphatic heterocycles. The second-order valence-corrected chi connectivity index (χ2v) is 10.9. The Morgan fingerprint density at radius 2 is 1.42 bits per heavy atom. The first-order valence-corrected chi connectivity index (χ1v) is 13.8. The Hall–Kier alpha value is -4.42. The number of rotatable bonds is 14. The van der Waals surface area contributed by atoms with Crippen molar-refractivity contribution in [1.82, 2.24) is 0 Å². The van der Waals surface area contributed by atoms with Gasteiger partial charge in [0.2, 0.25) is 5.91 Å². The molecule has 13 nitrogen and oxygen atoms in total. The summed E-state index contributed by atoms with van der Waals surface area (Å²) in [4.78, 5) is 28.9. The third-order valence-corrected chi connectivity index (χ3v) is 7.42. The van der Waals surface area contributed by atoms with Crippen molar-refractivity contribution in [3.8, 4) is 0 Å². The molecular formula is C23H23N7O6S2. The zero-order valence-electron chi connectivity index (χ0n) is 19.9. The van der Waals surface area contributed by atoms with Crippen LogP contribution in [0, 0.1) is 5.92 Å². The highest BCUT2D eigenvalue weighted by atomic mass is 32.2. The normalized spacial score (nSPS) is 12.1. The first-order valence-electron chi connectivity index (χ1n) is 10.9. The highest BCUT2D eigenvalue weighted by molar-refractivity contribution is 7.90. The first kappa shape index (κ1) is 29.8. The lowest BCUT2D eigenvalue weighted by atomic mass is 10.0. The van der Waals surface area contributed by atoms with Gasteiger partial charge in [-0.3, -0.25) is 9.59 Å². The first-order chi connectivity index (χ1) is 18.0. The predicted octanol–water partition coefficient (Wildman–Crippen LogP) is 4.96. The van der Waals surface area contributed by atoms with Gasteiger partial charge in [0.25, 0.3) is 20.0 Å². The Morgan fingerprint density at radius 3 is 1.92 bits per heavy atom. The number of azide groups is 2. The fourth-order valence-corrected chi connectivity index (χ4v) is 4.52. The van der Waals surface area contributed by atoms with Crippen LogP contribution in [-0.2, 0) is 36.1 Å². The summed E-state index contributed by atoms with van der Waals surface area (Å²) in [6.45, 7) is 3.67. The van der Waals surface area contributed by atoms with E-state index in [-0.39, 0.29) is 34.3 Å². The quantitative estimate of drug-likeness (QED) is 0.146. The average Bonchev–Trinajstić information content (AvgIpc) is 2.86. The van der Waals surface area contributed by atoms with Gasteiger partial charge in [-0.15, -0.1) is 6.58 Å². The van der Waals surface area contributed by atoms with Crippen LogP contribution in [0.3, 0.4) is 0 Å². The maximum Gasteiger partial charge on any atom is 0.264 e. The molecule has 2 rings (SSSR count). The molecule has 1 atom stereocenters. The van der Waals surface area contributed by atoms with E-state index in [0.29, 0.717) is 24.1 Å². The van der Waals surface area contributed by atoms with E-state index < -0.39 is 26.0 Å². The van der Waals surface area contributed by atoms with Crippen molar-refractivity contribution in [1.29, 1.82) is 0 Å². The number of nitrogens with zero attached hydrogens (tertiary/aromatic N) is 6. The minimum absolute atomic E-state index is 0.0901. The summed E-state index contributed by atoms with van der Waals surface area (Å²) in [7, 11) is -8.19. The summed E-state index contributed by atoms with van der Waals surface area (Å²) >= 11 is 0. The Kier molecular flexibility index (Phi) is 10.8. The number of carbonyl (C=O) groups excluding carboxylic acids is 2. The molecule has 1 amide bonds. The van der Waals surface area contributed by atoms with Crippen LogP contribution in [0.2, 0.25) is 0 Å². The molecule has 0 aromatic heterocycles. The third-order valence-electron chi connectivity index (χ3n) is 5.11. The molecule has 0 saturated carbocycles. The van der Waals surface area contributed by atoms with Gasteiger partial charge in [0.15, 0.2) is 0 Å². The Morgan fingerprint density at radius 1 is 0.895 bits per heavy atom. The van der Waals surface area contributed by atoms with Crippen LogP contribution in [0.5, 0.6) is 0 Å². The predicted molar refractivity (Wildman–Crippen MR) is 140 cm³/mol. The highest BCUT2D eigenvalue weighted by Crippen LogP contribution is 2.19. The van der Waals surface area contributed by atoms with Crippen molar-refractivity contribution < 1.29 is 26.4 Å². The van der Waals surface area contributed by atoms with Crippen LogP contribution in [0.15, 0.2) is 92.2 Å². The summed E-state index contributed by atoms with van der Waals surface area (Å²) in [6, 6.07) is 10.6. The van der Waals surface area contributed by atoms with Crippen LogP contribution < -0.4 is 5.32 Å². The maximum absolute atomic E-state index is 12.5. The smallest absolute Gasteiger partial charge is 0.264 e. The molecule has 0 bridgehead atoms. The Labute approximate surface area is 219 Å². The number of amides is 1. The number of allylic oxidation sites excluding steroid dienone is 2. The highest BCUT2D eigenvalue weighted by Gasteiger charge is 2.16. The van der Waals surface area contributed by atoms with Crippen molar-refractivity contribution in [2.45, 2.75) is 35.5 Å². The summed E-state index contributed by atoms with van der Waals surface area (Å²) < 4.78 is 52.3. The average molecular weight is 558 g/mol. The van der Waals surface area contributed by atoms with E-state index in [9.17, 15) is 26.4 Å². The van der Waals surface area contributed by atoms with Gasteiger partial charge in [0.05, 0.1) is 15.7 Å². The summed E-state index contributed by atoms with van der Waals surface area (Å²) in [5.41, 5.74) is 17.6. The molecule has 1 unspecified atom stereocenters. The minimum Gasteiger partial charge on any atom is -0.326 e. The van der Waals surface area contributed by atoms with Crippen molar-refractivity contribution >= 4 is 37.4 Å². The molecule has 0 spiro atoms. The number of hydrogen-bond donors (Lipinski definition) is 1. The van der Waals surface area contributed by atoms with Crippen molar-refractivity contribution in [2.75, 3.05) is 5.32 Å². The van der Waals surface area contributed by atoms with Gasteiger partial charge >= 0.3 is 0 Å². The van der Waals surface area contributed by atoms with Gasteiger partial charge in [0.1, 0.15) is 5.78 Å². The number of carbonyl (C=O) groups is 2. The van der Waals surface area contributed by atoms with Gasteiger partial charge < -0.3 is 5.32 Å². The number of sulfonamides is 2. The second kappa shape index (κ2) is 13.8. The largest absolute Gasteiger partial charge is 0.326 e. The fraction of sp³-hybridized carbons (Fsp3) is 0.217. The topological polar surface area (TPSA) is 212 Å². The minimum atomic E-state index is -4.12. The van der Waals surface area contributed by atoms with E-state index in [1.165, 1.54) is 54.6 Å². The SMILES string of the molecule is C=CC(CC/C=C/CC(=O)Cc1ccc(S(=O)(=O)N=[N+]=[N-])cc1)C(=O)Nc1ccc(S(=O)(=O)N=[N+]=[N-])cc1. The van der Waals surface area contributed by atoms with Crippen molar-refractivity contribution in [2.24, 2.45) is 15.0 Å². The molecule has 198 valence electrons. The van der Waals surface area contributed by atoms with Gasteiger partial charge in [-0.1, -0.05) is 30.4 Å². The third kappa shape index (κ3) is 8.91.